The minimum Gasteiger partial charge on any atom is -0.375 e. The molecule has 0 amide bonds. The second-order valence-electron chi connectivity index (χ2n) is 2.61. The van der Waals surface area contributed by atoms with Crippen LogP contribution in [0.15, 0.2) is 24.3 Å². The lowest BCUT2D eigenvalue weighted by Gasteiger charge is -2.16. The van der Waals surface area contributed by atoms with Crippen molar-refractivity contribution in [1.82, 2.24) is 0 Å². The van der Waals surface area contributed by atoms with Gasteiger partial charge in [-0.25, -0.2) is 0 Å². The minimum atomic E-state index is 1.05. The van der Waals surface area contributed by atoms with E-state index in [9.17, 15) is 0 Å². The van der Waals surface area contributed by atoms with E-state index in [4.69, 9.17) is 0 Å². The summed E-state index contributed by atoms with van der Waals surface area (Å²) in [5.74, 6) is 0. The predicted molar refractivity (Wildman–Crippen MR) is 54.7 cm³/mol. The van der Waals surface area contributed by atoms with Gasteiger partial charge in [-0.2, -0.15) is 0 Å². The van der Waals surface area contributed by atoms with Crippen LogP contribution in [-0.4, -0.2) is 13.6 Å². The number of nitrogens with zero attached hydrogens (tertiary/aromatic N) is 1. The Balaban J connectivity index is 2.81. The summed E-state index contributed by atoms with van der Waals surface area (Å²) < 4.78 is 0. The van der Waals surface area contributed by atoms with Gasteiger partial charge in [0.2, 0.25) is 0 Å². The number of rotatable bonds is 2. The molecule has 0 aliphatic rings. The zero-order chi connectivity index (χ0) is 8.27. The molecule has 0 spiro atoms. The summed E-state index contributed by atoms with van der Waals surface area (Å²) in [6.07, 6.45) is 0. The van der Waals surface area contributed by atoms with Crippen LogP contribution in [0.3, 0.4) is 0 Å². The molecular weight excluding hydrogens is 153 g/mol. The van der Waals surface area contributed by atoms with Crippen LogP contribution in [0, 0.1) is 0 Å². The van der Waals surface area contributed by atoms with Crippen LogP contribution in [-0.2, 0) is 0 Å². The topological polar surface area (TPSA) is 3.24 Å². The van der Waals surface area contributed by atoms with E-state index in [-0.39, 0.29) is 0 Å². The first-order chi connectivity index (χ1) is 5.24. The smallest absolute Gasteiger partial charge is 0.0363 e. The first kappa shape index (κ1) is 8.55. The average molecular weight is 167 g/mol. The number of hydrogen-bond acceptors (Lipinski definition) is 1. The van der Waals surface area contributed by atoms with Gasteiger partial charge in [0.1, 0.15) is 0 Å². The van der Waals surface area contributed by atoms with E-state index in [1.165, 1.54) is 11.0 Å². The van der Waals surface area contributed by atoms with Crippen molar-refractivity contribution < 1.29 is 0 Å². The highest BCUT2D eigenvalue weighted by Gasteiger charge is 1.94. The predicted octanol–water partition coefficient (Wildman–Crippen LogP) is 1.64. The van der Waals surface area contributed by atoms with Crippen molar-refractivity contribution in [3.63, 3.8) is 0 Å². The van der Waals surface area contributed by atoms with Crippen molar-refractivity contribution in [2.45, 2.75) is 6.92 Å². The quantitative estimate of drug-likeness (QED) is 0.605. The monoisotopic (exact) mass is 167 g/mol. The molecule has 60 valence electrons. The van der Waals surface area contributed by atoms with E-state index in [2.05, 4.69) is 52.4 Å². The summed E-state index contributed by atoms with van der Waals surface area (Å²) in [7, 11) is 4.78. The molecule has 0 saturated heterocycles. The van der Waals surface area contributed by atoms with Gasteiger partial charge in [0.25, 0.3) is 0 Å². The molecular formula is C9H14NP. The Morgan fingerprint density at radius 2 is 1.82 bits per heavy atom. The Morgan fingerprint density at radius 1 is 1.27 bits per heavy atom. The van der Waals surface area contributed by atoms with Crippen LogP contribution < -0.4 is 10.2 Å². The third kappa shape index (κ3) is 2.20. The van der Waals surface area contributed by atoms with E-state index >= 15 is 0 Å². The summed E-state index contributed by atoms with van der Waals surface area (Å²) in [5, 5.41) is 1.23. The molecule has 1 rings (SSSR count). The summed E-state index contributed by atoms with van der Waals surface area (Å²) in [5.41, 5.74) is 1.28. The van der Waals surface area contributed by atoms with Gasteiger partial charge in [-0.05, 0) is 24.4 Å². The van der Waals surface area contributed by atoms with E-state index in [0.29, 0.717) is 0 Å². The Hall–Kier alpha value is -0.550. The summed E-state index contributed by atoms with van der Waals surface area (Å²) in [4.78, 5) is 2.21. The van der Waals surface area contributed by atoms with E-state index in [1.54, 1.807) is 0 Å². The fraction of sp³-hybridized carbons (Fsp3) is 0.333. The van der Waals surface area contributed by atoms with Gasteiger partial charge in [0, 0.05) is 19.3 Å². The summed E-state index contributed by atoms with van der Waals surface area (Å²) in [6.45, 7) is 3.20. The molecule has 1 aromatic rings. The summed E-state index contributed by atoms with van der Waals surface area (Å²) >= 11 is 0. The lowest BCUT2D eigenvalue weighted by Crippen LogP contribution is -2.15. The largest absolute Gasteiger partial charge is 0.375 e. The SMILES string of the molecule is CCN(C)c1ccc(P)cc1. The molecule has 0 bridgehead atoms. The van der Waals surface area contributed by atoms with Crippen LogP contribution >= 0.6 is 9.24 Å². The van der Waals surface area contributed by atoms with Gasteiger partial charge in [-0.15, -0.1) is 9.24 Å². The van der Waals surface area contributed by atoms with Crippen LogP contribution in [0.1, 0.15) is 6.92 Å². The molecule has 0 aliphatic heterocycles. The van der Waals surface area contributed by atoms with Gasteiger partial charge >= 0.3 is 0 Å². The molecule has 11 heavy (non-hydrogen) atoms. The number of hydrogen-bond donors (Lipinski definition) is 0. The zero-order valence-electron chi connectivity index (χ0n) is 7.04. The average Bonchev–Trinajstić information content (AvgIpc) is 2.05. The third-order valence-corrected chi connectivity index (χ3v) is 2.19. The van der Waals surface area contributed by atoms with E-state index in [1.807, 2.05) is 0 Å². The van der Waals surface area contributed by atoms with Gasteiger partial charge in [0.15, 0.2) is 0 Å². The number of anilines is 1. The van der Waals surface area contributed by atoms with Gasteiger partial charge in [0.05, 0.1) is 0 Å². The van der Waals surface area contributed by atoms with Crippen molar-refractivity contribution in [2.24, 2.45) is 0 Å². The maximum atomic E-state index is 2.68. The molecule has 0 saturated carbocycles. The molecule has 0 fully saturated rings. The molecule has 0 aliphatic carbocycles. The van der Waals surface area contributed by atoms with Crippen molar-refractivity contribution in [3.8, 4) is 0 Å². The zero-order valence-corrected chi connectivity index (χ0v) is 8.20. The van der Waals surface area contributed by atoms with Crippen LogP contribution in [0.4, 0.5) is 5.69 Å². The highest BCUT2D eigenvalue weighted by molar-refractivity contribution is 7.27. The summed E-state index contributed by atoms with van der Waals surface area (Å²) in [6, 6.07) is 8.47. The molecule has 1 aromatic carbocycles. The fourth-order valence-corrected chi connectivity index (χ4v) is 1.10. The van der Waals surface area contributed by atoms with Gasteiger partial charge in [-0.3, -0.25) is 0 Å². The molecule has 1 unspecified atom stereocenters. The molecule has 2 heteroatoms. The van der Waals surface area contributed by atoms with E-state index in [0.717, 1.165) is 6.54 Å². The first-order valence-electron chi connectivity index (χ1n) is 3.80. The minimum absolute atomic E-state index is 1.05. The maximum Gasteiger partial charge on any atom is 0.0363 e. The Kier molecular flexibility index (Phi) is 2.90. The standard InChI is InChI=1S/C9H14NP/c1-3-10(2)8-4-6-9(11)7-5-8/h4-7H,3,11H2,1-2H3. The van der Waals surface area contributed by atoms with Crippen LogP contribution in [0.25, 0.3) is 0 Å². The van der Waals surface area contributed by atoms with Crippen molar-refractivity contribution in [2.75, 3.05) is 18.5 Å². The van der Waals surface area contributed by atoms with Gasteiger partial charge in [-0.1, -0.05) is 12.1 Å². The maximum absolute atomic E-state index is 2.68. The molecule has 1 nitrogen and oxygen atoms in total. The Labute approximate surface area is 70.6 Å². The fourth-order valence-electron chi connectivity index (χ4n) is 0.911. The number of benzene rings is 1. The van der Waals surface area contributed by atoms with Gasteiger partial charge < -0.3 is 4.90 Å². The highest BCUT2D eigenvalue weighted by Crippen LogP contribution is 2.09. The second-order valence-corrected chi connectivity index (χ2v) is 3.27. The highest BCUT2D eigenvalue weighted by atomic mass is 31.0. The van der Waals surface area contributed by atoms with Crippen molar-refractivity contribution in [1.29, 1.82) is 0 Å². The van der Waals surface area contributed by atoms with Crippen LogP contribution in [0.2, 0.25) is 0 Å². The molecule has 0 aromatic heterocycles. The third-order valence-electron chi connectivity index (χ3n) is 1.81. The first-order valence-corrected chi connectivity index (χ1v) is 4.38. The lowest BCUT2D eigenvalue weighted by atomic mass is 10.3. The normalized spacial score (nSPS) is 9.73. The molecule has 0 heterocycles. The molecule has 0 radical (unpaired) electrons. The van der Waals surface area contributed by atoms with E-state index < -0.39 is 0 Å². The van der Waals surface area contributed by atoms with Crippen LogP contribution in [0.5, 0.6) is 0 Å². The molecule has 0 N–H and O–H groups in total. The second kappa shape index (κ2) is 3.73. The van der Waals surface area contributed by atoms with Crippen molar-refractivity contribution >= 4 is 20.2 Å². The molecule has 1 atom stereocenters. The van der Waals surface area contributed by atoms with Crippen molar-refractivity contribution in [3.05, 3.63) is 24.3 Å². The Morgan fingerprint density at radius 3 is 2.27 bits per heavy atom. The lowest BCUT2D eigenvalue weighted by molar-refractivity contribution is 0.969. The Bertz CT molecular complexity index is 218.